The summed E-state index contributed by atoms with van der Waals surface area (Å²) in [6.45, 7) is 1.10. The quantitative estimate of drug-likeness (QED) is 0.624. The number of ether oxygens (including phenoxy) is 1. The van der Waals surface area contributed by atoms with E-state index >= 15 is 0 Å². The first-order valence-electron chi connectivity index (χ1n) is 5.87. The van der Waals surface area contributed by atoms with E-state index in [1.54, 1.807) is 0 Å². The van der Waals surface area contributed by atoms with Crippen molar-refractivity contribution < 1.29 is 26.7 Å². The lowest BCUT2D eigenvalue weighted by Gasteiger charge is -2.11. The molecule has 21 heavy (non-hydrogen) atoms. The van der Waals surface area contributed by atoms with Gasteiger partial charge in [-0.05, 0) is 30.0 Å². The third-order valence-electron chi connectivity index (χ3n) is 3.03. The molecule has 0 N–H and O–H groups in total. The average Bonchev–Trinajstić information content (AvgIpc) is 2.44. The Balaban J connectivity index is 2.56. The van der Waals surface area contributed by atoms with E-state index in [1.807, 2.05) is 0 Å². The Bertz CT molecular complexity index is 702. The third-order valence-corrected chi connectivity index (χ3v) is 3.03. The molecule has 0 saturated heterocycles. The van der Waals surface area contributed by atoms with Gasteiger partial charge in [-0.3, -0.25) is 0 Å². The first kappa shape index (κ1) is 15.3. The Hall–Kier alpha value is -2.05. The molecule has 0 fully saturated rings. The van der Waals surface area contributed by atoms with Gasteiger partial charge in [-0.15, -0.1) is 0 Å². The molecule has 0 heterocycles. The number of rotatable bonds is 3. The highest BCUT2D eigenvalue weighted by atomic mass is 19.2. The second kappa shape index (κ2) is 5.75. The highest BCUT2D eigenvalue weighted by Gasteiger charge is 2.22. The van der Waals surface area contributed by atoms with Gasteiger partial charge < -0.3 is 4.74 Å². The predicted octanol–water partition coefficient (Wildman–Crippen LogP) is 2.35. The van der Waals surface area contributed by atoms with Crippen molar-refractivity contribution >= 4 is 18.2 Å². The Labute approximate surface area is 118 Å². The van der Waals surface area contributed by atoms with Crippen LogP contribution in [0.1, 0.15) is 5.56 Å². The van der Waals surface area contributed by atoms with Crippen LogP contribution in [0.15, 0.2) is 18.2 Å². The number of methoxy groups -OCH3 is 1. The van der Waals surface area contributed by atoms with Gasteiger partial charge in [0.1, 0.15) is 23.3 Å². The maximum absolute atomic E-state index is 13.9. The van der Waals surface area contributed by atoms with Gasteiger partial charge >= 0.3 is 0 Å². The van der Waals surface area contributed by atoms with Gasteiger partial charge in [0.15, 0.2) is 11.6 Å². The van der Waals surface area contributed by atoms with Crippen LogP contribution in [0.2, 0.25) is 0 Å². The Morgan fingerprint density at radius 3 is 2.10 bits per heavy atom. The minimum atomic E-state index is -1.25. The maximum Gasteiger partial charge on any atom is 0.207 e. The van der Waals surface area contributed by atoms with Crippen LogP contribution in [0.5, 0.6) is 5.75 Å². The van der Waals surface area contributed by atoms with Crippen LogP contribution < -0.4 is 15.7 Å². The molecule has 0 amide bonds. The van der Waals surface area contributed by atoms with Crippen molar-refractivity contribution in [2.75, 3.05) is 7.11 Å². The lowest BCUT2D eigenvalue weighted by molar-refractivity contribution is 0.386. The monoisotopic (exact) mass is 299 g/mol. The summed E-state index contributed by atoms with van der Waals surface area (Å²) >= 11 is 0. The standard InChI is InChI=1S/C14H9BF5O/c1-6-8(17)5-9(18)12(13(6)19)15-11-7(16)3-4-10(21-2)14(11)20/h3-5H,1-2H3. The van der Waals surface area contributed by atoms with Crippen molar-refractivity contribution in [1.29, 1.82) is 0 Å². The topological polar surface area (TPSA) is 9.23 Å². The van der Waals surface area contributed by atoms with Crippen molar-refractivity contribution in [1.82, 2.24) is 0 Å². The third kappa shape index (κ3) is 2.72. The van der Waals surface area contributed by atoms with Crippen molar-refractivity contribution in [3.8, 4) is 5.75 Å². The van der Waals surface area contributed by atoms with Crippen LogP contribution in [-0.2, 0) is 0 Å². The average molecular weight is 299 g/mol. The van der Waals surface area contributed by atoms with Crippen molar-refractivity contribution in [2.45, 2.75) is 6.92 Å². The maximum atomic E-state index is 13.9. The normalized spacial score (nSPS) is 10.6. The van der Waals surface area contributed by atoms with E-state index < -0.39 is 45.6 Å². The highest BCUT2D eigenvalue weighted by Crippen LogP contribution is 2.16. The van der Waals surface area contributed by atoms with Crippen LogP contribution in [-0.4, -0.2) is 14.4 Å². The molecule has 0 saturated carbocycles. The van der Waals surface area contributed by atoms with Crippen molar-refractivity contribution in [3.05, 3.63) is 52.8 Å². The molecule has 2 rings (SSSR count). The van der Waals surface area contributed by atoms with E-state index in [1.165, 1.54) is 7.11 Å². The fraction of sp³-hybridized carbons (Fsp3) is 0.143. The van der Waals surface area contributed by atoms with Crippen LogP contribution in [0, 0.1) is 36.0 Å². The molecule has 7 heteroatoms. The summed E-state index contributed by atoms with van der Waals surface area (Å²) in [6, 6.07) is 2.41. The highest BCUT2D eigenvalue weighted by molar-refractivity contribution is 6.67. The second-order valence-corrected chi connectivity index (χ2v) is 4.31. The molecular weight excluding hydrogens is 290 g/mol. The zero-order chi connectivity index (χ0) is 15.7. The molecule has 109 valence electrons. The lowest BCUT2D eigenvalue weighted by atomic mass is 9.62. The lowest BCUT2D eigenvalue weighted by Crippen LogP contribution is -2.37. The van der Waals surface area contributed by atoms with E-state index in [-0.39, 0.29) is 5.75 Å². The molecule has 2 aromatic rings. The molecule has 0 aliphatic rings. The molecule has 2 aromatic carbocycles. The number of hydrogen-bond donors (Lipinski definition) is 0. The number of benzene rings is 2. The zero-order valence-electron chi connectivity index (χ0n) is 11.1. The molecule has 0 atom stereocenters. The van der Waals surface area contributed by atoms with Gasteiger partial charge in [-0.25, -0.2) is 22.0 Å². The van der Waals surface area contributed by atoms with Gasteiger partial charge in [-0.1, -0.05) is 0 Å². The van der Waals surface area contributed by atoms with Crippen LogP contribution in [0.25, 0.3) is 0 Å². The second-order valence-electron chi connectivity index (χ2n) is 4.31. The number of hydrogen-bond acceptors (Lipinski definition) is 1. The molecule has 0 aliphatic heterocycles. The van der Waals surface area contributed by atoms with Gasteiger partial charge in [0.25, 0.3) is 0 Å². The zero-order valence-corrected chi connectivity index (χ0v) is 11.1. The number of halogens is 5. The molecule has 1 nitrogen and oxygen atoms in total. The van der Waals surface area contributed by atoms with Crippen LogP contribution in [0.3, 0.4) is 0 Å². The van der Waals surface area contributed by atoms with Crippen LogP contribution in [0.4, 0.5) is 22.0 Å². The summed E-state index contributed by atoms with van der Waals surface area (Å²) in [4.78, 5) is 0. The van der Waals surface area contributed by atoms with Crippen LogP contribution >= 0.6 is 0 Å². The molecule has 0 unspecified atom stereocenters. The minimum absolute atomic E-state index is 0.276. The Morgan fingerprint density at radius 2 is 1.48 bits per heavy atom. The molecule has 0 spiro atoms. The summed E-state index contributed by atoms with van der Waals surface area (Å²) in [5, 5.41) is 0. The SMILES string of the molecule is COc1ccc(F)c([B]c2c(F)cc(F)c(C)c2F)c1F. The molecule has 0 aromatic heterocycles. The van der Waals surface area contributed by atoms with E-state index in [4.69, 9.17) is 0 Å². The largest absolute Gasteiger partial charge is 0.494 e. The van der Waals surface area contributed by atoms with Gasteiger partial charge in [0, 0.05) is 11.6 Å². The first-order valence-corrected chi connectivity index (χ1v) is 5.87. The predicted molar refractivity (Wildman–Crippen MR) is 69.0 cm³/mol. The smallest absolute Gasteiger partial charge is 0.207 e. The van der Waals surface area contributed by atoms with E-state index in [9.17, 15) is 22.0 Å². The first-order chi connectivity index (χ1) is 9.86. The fourth-order valence-electron chi connectivity index (χ4n) is 1.82. The molecule has 0 bridgehead atoms. The van der Waals surface area contributed by atoms with E-state index in [0.717, 1.165) is 19.1 Å². The Kier molecular flexibility index (Phi) is 4.20. The van der Waals surface area contributed by atoms with Gasteiger partial charge in [0.05, 0.1) is 7.11 Å². The summed E-state index contributed by atoms with van der Waals surface area (Å²) in [7, 11) is 1.81. The van der Waals surface area contributed by atoms with Crippen molar-refractivity contribution in [3.63, 3.8) is 0 Å². The summed E-state index contributed by atoms with van der Waals surface area (Å²) in [5.41, 5.74) is -1.83. The summed E-state index contributed by atoms with van der Waals surface area (Å²) in [5.74, 6) is -5.94. The molecular formula is C14H9BF5O. The summed E-state index contributed by atoms with van der Waals surface area (Å²) < 4.78 is 72.9. The van der Waals surface area contributed by atoms with Gasteiger partial charge in [-0.2, -0.15) is 0 Å². The van der Waals surface area contributed by atoms with E-state index in [0.29, 0.717) is 13.3 Å². The van der Waals surface area contributed by atoms with Crippen molar-refractivity contribution in [2.24, 2.45) is 0 Å². The fourth-order valence-corrected chi connectivity index (χ4v) is 1.82. The summed E-state index contributed by atoms with van der Waals surface area (Å²) in [6.07, 6.45) is 0. The van der Waals surface area contributed by atoms with Gasteiger partial charge in [0.2, 0.25) is 7.28 Å². The minimum Gasteiger partial charge on any atom is -0.494 e. The van der Waals surface area contributed by atoms with E-state index in [2.05, 4.69) is 4.74 Å². The molecule has 1 radical (unpaired) electrons. The molecule has 0 aliphatic carbocycles. The Morgan fingerprint density at radius 1 is 0.857 bits per heavy atom.